The van der Waals surface area contributed by atoms with Crippen molar-refractivity contribution in [1.82, 2.24) is 5.32 Å². The van der Waals surface area contributed by atoms with Crippen LogP contribution in [0, 0.1) is 23.7 Å². The van der Waals surface area contributed by atoms with Crippen LogP contribution in [-0.2, 0) is 9.59 Å². The Bertz CT molecular complexity index is 398. The van der Waals surface area contributed by atoms with E-state index in [1.54, 1.807) is 0 Å². The number of rotatable bonds is 3. The lowest BCUT2D eigenvalue weighted by Gasteiger charge is -2.25. The lowest BCUT2D eigenvalue weighted by atomic mass is 9.82. The van der Waals surface area contributed by atoms with Gasteiger partial charge in [-0.1, -0.05) is 25.0 Å². The van der Waals surface area contributed by atoms with Crippen molar-refractivity contribution in [3.8, 4) is 0 Å². The average molecular weight is 249 g/mol. The van der Waals surface area contributed by atoms with Crippen LogP contribution in [0.3, 0.4) is 0 Å². The van der Waals surface area contributed by atoms with Gasteiger partial charge in [-0.2, -0.15) is 0 Å². The van der Waals surface area contributed by atoms with Gasteiger partial charge in [-0.3, -0.25) is 9.59 Å². The summed E-state index contributed by atoms with van der Waals surface area (Å²) in [5, 5.41) is 12.4. The van der Waals surface area contributed by atoms with Crippen LogP contribution in [-0.4, -0.2) is 23.0 Å². The SMILES string of the molecule is O=C(O)[C@@H]1C2C=CC(C2)[C@@H]1C(=O)NC1CCCC1. The minimum absolute atomic E-state index is 0.0360. The molecule has 0 aliphatic heterocycles. The van der Waals surface area contributed by atoms with Crippen LogP contribution in [0.15, 0.2) is 12.2 Å². The summed E-state index contributed by atoms with van der Waals surface area (Å²) < 4.78 is 0. The third kappa shape index (κ3) is 1.84. The van der Waals surface area contributed by atoms with Crippen LogP contribution in [0.1, 0.15) is 32.1 Å². The number of hydrogen-bond acceptors (Lipinski definition) is 2. The first kappa shape index (κ1) is 11.8. The Labute approximate surface area is 106 Å². The number of nitrogens with one attached hydrogen (secondary N) is 1. The van der Waals surface area contributed by atoms with Crippen molar-refractivity contribution < 1.29 is 14.7 Å². The second-order valence-corrected chi connectivity index (χ2v) is 5.83. The lowest BCUT2D eigenvalue weighted by Crippen LogP contribution is -2.43. The highest BCUT2D eigenvalue weighted by Gasteiger charge is 2.51. The van der Waals surface area contributed by atoms with Gasteiger partial charge in [0.15, 0.2) is 0 Å². The first-order valence-corrected chi connectivity index (χ1v) is 6.88. The summed E-state index contributed by atoms with van der Waals surface area (Å²) in [6, 6.07) is 0.273. The molecule has 18 heavy (non-hydrogen) atoms. The molecule has 0 saturated heterocycles. The highest BCUT2D eigenvalue weighted by molar-refractivity contribution is 5.87. The molecule has 3 rings (SSSR count). The van der Waals surface area contributed by atoms with E-state index < -0.39 is 11.9 Å². The summed E-state index contributed by atoms with van der Waals surface area (Å²) in [7, 11) is 0. The smallest absolute Gasteiger partial charge is 0.307 e. The lowest BCUT2D eigenvalue weighted by molar-refractivity contribution is -0.148. The quantitative estimate of drug-likeness (QED) is 0.746. The van der Waals surface area contributed by atoms with E-state index in [1.165, 1.54) is 12.8 Å². The van der Waals surface area contributed by atoms with Gasteiger partial charge in [-0.05, 0) is 31.1 Å². The summed E-state index contributed by atoms with van der Waals surface area (Å²) in [4.78, 5) is 23.6. The van der Waals surface area contributed by atoms with E-state index in [0.29, 0.717) is 0 Å². The molecular weight excluding hydrogens is 230 g/mol. The van der Waals surface area contributed by atoms with Crippen LogP contribution >= 0.6 is 0 Å². The van der Waals surface area contributed by atoms with Gasteiger partial charge in [0.1, 0.15) is 0 Å². The number of carboxylic acids is 1. The molecule has 0 heterocycles. The Morgan fingerprint density at radius 1 is 1.06 bits per heavy atom. The predicted octanol–water partition coefficient (Wildman–Crippen LogP) is 1.57. The van der Waals surface area contributed by atoms with Crippen LogP contribution in [0.5, 0.6) is 0 Å². The fourth-order valence-electron chi connectivity index (χ4n) is 3.88. The largest absolute Gasteiger partial charge is 0.481 e. The fraction of sp³-hybridized carbons (Fsp3) is 0.714. The molecular formula is C14H19NO3. The van der Waals surface area contributed by atoms with E-state index in [4.69, 9.17) is 0 Å². The molecule has 2 saturated carbocycles. The topological polar surface area (TPSA) is 66.4 Å². The zero-order valence-electron chi connectivity index (χ0n) is 10.3. The molecule has 0 radical (unpaired) electrons. The highest BCUT2D eigenvalue weighted by atomic mass is 16.4. The van der Waals surface area contributed by atoms with Crippen molar-refractivity contribution in [3.63, 3.8) is 0 Å². The highest BCUT2D eigenvalue weighted by Crippen LogP contribution is 2.48. The molecule has 98 valence electrons. The molecule has 3 aliphatic rings. The molecule has 2 unspecified atom stereocenters. The molecule has 4 atom stereocenters. The minimum Gasteiger partial charge on any atom is -0.481 e. The molecule has 1 amide bonds. The van der Waals surface area contributed by atoms with Crippen molar-refractivity contribution in [1.29, 1.82) is 0 Å². The predicted molar refractivity (Wildman–Crippen MR) is 65.8 cm³/mol. The van der Waals surface area contributed by atoms with E-state index >= 15 is 0 Å². The minimum atomic E-state index is -0.821. The Hall–Kier alpha value is -1.32. The molecule has 2 N–H and O–H groups in total. The molecule has 3 aliphatic carbocycles. The summed E-state index contributed by atoms with van der Waals surface area (Å²) in [6.45, 7) is 0. The van der Waals surface area contributed by atoms with E-state index in [-0.39, 0.29) is 29.7 Å². The van der Waals surface area contributed by atoms with E-state index in [9.17, 15) is 14.7 Å². The maximum atomic E-state index is 12.3. The van der Waals surface area contributed by atoms with Gasteiger partial charge in [0.05, 0.1) is 11.8 Å². The van der Waals surface area contributed by atoms with Crippen LogP contribution in [0.2, 0.25) is 0 Å². The molecule has 0 spiro atoms. The first-order valence-electron chi connectivity index (χ1n) is 6.88. The van der Waals surface area contributed by atoms with Crippen LogP contribution in [0.4, 0.5) is 0 Å². The number of allylic oxidation sites excluding steroid dienone is 2. The second kappa shape index (κ2) is 4.41. The van der Waals surface area contributed by atoms with Gasteiger partial charge in [0, 0.05) is 6.04 Å². The molecule has 2 bridgehead atoms. The standard InChI is InChI=1S/C14H19NO3/c16-13(15-10-3-1-2-4-10)11-8-5-6-9(7-8)12(11)14(17)18/h5-6,8-12H,1-4,7H2,(H,15,16)(H,17,18)/t8?,9?,11-,12+/m0/s1. The van der Waals surface area contributed by atoms with Crippen molar-refractivity contribution in [3.05, 3.63) is 12.2 Å². The van der Waals surface area contributed by atoms with Crippen LogP contribution < -0.4 is 5.32 Å². The van der Waals surface area contributed by atoms with Crippen LogP contribution in [0.25, 0.3) is 0 Å². The maximum absolute atomic E-state index is 12.3. The van der Waals surface area contributed by atoms with Crippen molar-refractivity contribution in [2.45, 2.75) is 38.1 Å². The molecule has 0 aromatic carbocycles. The first-order chi connectivity index (χ1) is 8.66. The summed E-state index contributed by atoms with van der Waals surface area (Å²) in [6.07, 6.45) is 9.26. The number of carboxylic acid groups (broad SMARTS) is 1. The molecule has 0 aromatic heterocycles. The number of amides is 1. The number of carbonyl (C=O) groups is 2. The zero-order valence-corrected chi connectivity index (χ0v) is 10.3. The zero-order chi connectivity index (χ0) is 12.7. The Morgan fingerprint density at radius 3 is 2.28 bits per heavy atom. The maximum Gasteiger partial charge on any atom is 0.307 e. The second-order valence-electron chi connectivity index (χ2n) is 5.83. The third-order valence-electron chi connectivity index (χ3n) is 4.75. The van der Waals surface area contributed by atoms with Gasteiger partial charge in [0.25, 0.3) is 0 Å². The van der Waals surface area contributed by atoms with E-state index in [2.05, 4.69) is 5.32 Å². The van der Waals surface area contributed by atoms with Gasteiger partial charge >= 0.3 is 5.97 Å². The van der Waals surface area contributed by atoms with Gasteiger partial charge in [-0.25, -0.2) is 0 Å². The van der Waals surface area contributed by atoms with Crippen molar-refractivity contribution >= 4 is 11.9 Å². The molecule has 4 nitrogen and oxygen atoms in total. The van der Waals surface area contributed by atoms with E-state index in [0.717, 1.165) is 19.3 Å². The molecule has 2 fully saturated rings. The monoisotopic (exact) mass is 249 g/mol. The summed E-state index contributed by atoms with van der Waals surface area (Å²) in [5.41, 5.74) is 0. The fourth-order valence-corrected chi connectivity index (χ4v) is 3.88. The van der Waals surface area contributed by atoms with Gasteiger partial charge in [-0.15, -0.1) is 0 Å². The third-order valence-corrected chi connectivity index (χ3v) is 4.75. The summed E-state index contributed by atoms with van der Waals surface area (Å²) in [5.74, 6) is -1.52. The number of aliphatic carboxylic acids is 1. The molecule has 4 heteroatoms. The van der Waals surface area contributed by atoms with Gasteiger partial charge < -0.3 is 10.4 Å². The van der Waals surface area contributed by atoms with Crippen molar-refractivity contribution in [2.75, 3.05) is 0 Å². The normalized spacial score (nSPS) is 38.2. The van der Waals surface area contributed by atoms with Gasteiger partial charge in [0.2, 0.25) is 5.91 Å². The Morgan fingerprint density at radius 2 is 1.67 bits per heavy atom. The summed E-state index contributed by atoms with van der Waals surface area (Å²) >= 11 is 0. The van der Waals surface area contributed by atoms with Crippen molar-refractivity contribution in [2.24, 2.45) is 23.7 Å². The number of carbonyl (C=O) groups excluding carboxylic acids is 1. The number of fused-ring (bicyclic) bond motifs is 2. The van der Waals surface area contributed by atoms with E-state index in [1.807, 2.05) is 12.2 Å². The average Bonchev–Trinajstić information content (AvgIpc) is 3.03. The molecule has 0 aromatic rings. The Balaban J connectivity index is 1.71. The number of hydrogen-bond donors (Lipinski definition) is 2. The Kier molecular flexibility index (Phi) is 2.88.